The van der Waals surface area contributed by atoms with Crippen molar-refractivity contribution in [2.75, 3.05) is 32.7 Å². The Morgan fingerprint density at radius 2 is 2.00 bits per heavy atom. The average Bonchev–Trinajstić information content (AvgIpc) is 3.03. The fourth-order valence-corrected chi connectivity index (χ4v) is 5.20. The highest BCUT2D eigenvalue weighted by atomic mass is 32.2. The minimum Gasteiger partial charge on any atom is -0.350 e. The van der Waals surface area contributed by atoms with E-state index >= 15 is 0 Å². The molecular weight excluding hydrogens is 364 g/mol. The van der Waals surface area contributed by atoms with E-state index in [9.17, 15) is 13.2 Å². The molecule has 1 atom stereocenters. The van der Waals surface area contributed by atoms with Crippen molar-refractivity contribution in [3.8, 4) is 0 Å². The van der Waals surface area contributed by atoms with Crippen molar-refractivity contribution in [2.45, 2.75) is 51.5 Å². The van der Waals surface area contributed by atoms with E-state index < -0.39 is 10.0 Å². The van der Waals surface area contributed by atoms with Gasteiger partial charge in [0.05, 0.1) is 0 Å². The minimum atomic E-state index is -3.56. The van der Waals surface area contributed by atoms with Gasteiger partial charge in [0.2, 0.25) is 10.0 Å². The highest BCUT2D eigenvalue weighted by Gasteiger charge is 2.26. The first-order valence-electron chi connectivity index (χ1n) is 9.89. The zero-order valence-corrected chi connectivity index (χ0v) is 18.1. The van der Waals surface area contributed by atoms with Crippen LogP contribution in [0.5, 0.6) is 0 Å². The molecule has 0 aromatic carbocycles. The Hall–Kier alpha value is -1.38. The molecule has 2 rings (SSSR count). The summed E-state index contributed by atoms with van der Waals surface area (Å²) in [5.41, 5.74) is 0.372. The Kier molecular flexibility index (Phi) is 7.47. The van der Waals surface area contributed by atoms with Gasteiger partial charge in [-0.25, -0.2) is 8.42 Å². The number of aromatic nitrogens is 1. The second kappa shape index (κ2) is 9.21. The SMILES string of the molecule is CCN(CC)S(=O)(=O)c1cc(C(=O)NCC2CCCN(C(C)C)C2)n(C)c1. The predicted octanol–water partition coefficient (Wildman–Crippen LogP) is 1.91. The van der Waals surface area contributed by atoms with E-state index in [0.29, 0.717) is 37.3 Å². The second-order valence-electron chi connectivity index (χ2n) is 7.57. The van der Waals surface area contributed by atoms with Gasteiger partial charge in [0.25, 0.3) is 5.91 Å². The van der Waals surface area contributed by atoms with Crippen LogP contribution in [-0.2, 0) is 17.1 Å². The molecule has 0 aliphatic carbocycles. The van der Waals surface area contributed by atoms with Gasteiger partial charge in [-0.2, -0.15) is 4.31 Å². The Balaban J connectivity index is 2.04. The number of carbonyl (C=O) groups is 1. The Labute approximate surface area is 163 Å². The van der Waals surface area contributed by atoms with Gasteiger partial charge in [0.15, 0.2) is 0 Å². The summed E-state index contributed by atoms with van der Waals surface area (Å²) in [6, 6.07) is 1.99. The smallest absolute Gasteiger partial charge is 0.267 e. The van der Waals surface area contributed by atoms with Crippen molar-refractivity contribution < 1.29 is 13.2 Å². The summed E-state index contributed by atoms with van der Waals surface area (Å²) >= 11 is 0. The van der Waals surface area contributed by atoms with Crippen molar-refractivity contribution in [3.05, 3.63) is 18.0 Å². The van der Waals surface area contributed by atoms with Crippen LogP contribution in [0.3, 0.4) is 0 Å². The predicted molar refractivity (Wildman–Crippen MR) is 107 cm³/mol. The van der Waals surface area contributed by atoms with Gasteiger partial charge in [-0.05, 0) is 45.2 Å². The fraction of sp³-hybridized carbons (Fsp3) is 0.737. The fourth-order valence-electron chi connectivity index (χ4n) is 3.67. The molecule has 1 unspecified atom stereocenters. The van der Waals surface area contributed by atoms with Crippen molar-refractivity contribution >= 4 is 15.9 Å². The number of amides is 1. The summed E-state index contributed by atoms with van der Waals surface area (Å²) < 4.78 is 28.3. The number of piperidine rings is 1. The van der Waals surface area contributed by atoms with E-state index in [1.54, 1.807) is 11.6 Å². The normalized spacial score (nSPS) is 19.0. The summed E-state index contributed by atoms with van der Waals surface area (Å²) in [7, 11) is -1.86. The Morgan fingerprint density at radius 3 is 2.59 bits per heavy atom. The average molecular weight is 399 g/mol. The third-order valence-electron chi connectivity index (χ3n) is 5.39. The van der Waals surface area contributed by atoms with Crippen LogP contribution in [-0.4, -0.2) is 66.9 Å². The van der Waals surface area contributed by atoms with Crippen molar-refractivity contribution in [1.29, 1.82) is 0 Å². The number of likely N-dealkylation sites (tertiary alicyclic amines) is 1. The molecule has 1 saturated heterocycles. The molecule has 0 spiro atoms. The van der Waals surface area contributed by atoms with Crippen LogP contribution in [0, 0.1) is 5.92 Å². The van der Waals surface area contributed by atoms with E-state index in [-0.39, 0.29) is 10.8 Å². The van der Waals surface area contributed by atoms with E-state index in [1.807, 2.05) is 13.8 Å². The van der Waals surface area contributed by atoms with Crippen molar-refractivity contribution in [1.82, 2.24) is 19.1 Å². The highest BCUT2D eigenvalue weighted by Crippen LogP contribution is 2.20. The molecule has 27 heavy (non-hydrogen) atoms. The van der Waals surface area contributed by atoms with Gasteiger partial charge >= 0.3 is 0 Å². The number of aryl methyl sites for hydroxylation is 1. The standard InChI is InChI=1S/C19H34N4O3S/c1-6-23(7-2)27(25,26)17-11-18(21(5)14-17)19(24)20-12-16-9-8-10-22(13-16)15(3)4/h11,14-16H,6-10,12-13H2,1-5H3,(H,20,24). The summed E-state index contributed by atoms with van der Waals surface area (Å²) in [6.07, 6.45) is 3.77. The molecule has 1 aromatic heterocycles. The minimum absolute atomic E-state index is 0.169. The van der Waals surface area contributed by atoms with Crippen LogP contribution in [0.2, 0.25) is 0 Å². The topological polar surface area (TPSA) is 74.7 Å². The van der Waals surface area contributed by atoms with Gasteiger partial charge in [-0.15, -0.1) is 0 Å². The molecule has 1 N–H and O–H groups in total. The quantitative estimate of drug-likeness (QED) is 0.726. The maximum absolute atomic E-state index is 12.7. The van der Waals surface area contributed by atoms with Crippen LogP contribution in [0.15, 0.2) is 17.2 Å². The van der Waals surface area contributed by atoms with Gasteiger partial charge in [-0.3, -0.25) is 4.79 Å². The lowest BCUT2D eigenvalue weighted by atomic mass is 9.97. The number of nitrogens with one attached hydrogen (secondary N) is 1. The van der Waals surface area contributed by atoms with E-state index in [2.05, 4.69) is 24.1 Å². The monoisotopic (exact) mass is 398 g/mol. The zero-order chi connectivity index (χ0) is 20.2. The first-order valence-corrected chi connectivity index (χ1v) is 11.3. The number of carbonyl (C=O) groups excluding carboxylic acids is 1. The lowest BCUT2D eigenvalue weighted by molar-refractivity contribution is 0.0915. The van der Waals surface area contributed by atoms with Crippen LogP contribution < -0.4 is 5.32 Å². The Morgan fingerprint density at radius 1 is 1.33 bits per heavy atom. The third kappa shape index (κ3) is 5.12. The van der Waals surface area contributed by atoms with Gasteiger partial charge in [-0.1, -0.05) is 13.8 Å². The van der Waals surface area contributed by atoms with Crippen LogP contribution in [0.1, 0.15) is 51.0 Å². The number of rotatable bonds is 8. The molecule has 0 bridgehead atoms. The van der Waals surface area contributed by atoms with Gasteiger partial charge in [0, 0.05) is 45.5 Å². The lowest BCUT2D eigenvalue weighted by Crippen LogP contribution is -2.43. The highest BCUT2D eigenvalue weighted by molar-refractivity contribution is 7.89. The molecule has 1 aromatic rings. The first kappa shape index (κ1) is 21.9. The zero-order valence-electron chi connectivity index (χ0n) is 17.2. The molecular formula is C19H34N4O3S. The van der Waals surface area contributed by atoms with Crippen LogP contribution >= 0.6 is 0 Å². The largest absolute Gasteiger partial charge is 0.350 e. The van der Waals surface area contributed by atoms with Crippen LogP contribution in [0.25, 0.3) is 0 Å². The molecule has 7 nitrogen and oxygen atoms in total. The molecule has 1 amide bonds. The van der Waals surface area contributed by atoms with Gasteiger partial charge < -0.3 is 14.8 Å². The van der Waals surface area contributed by atoms with E-state index in [1.165, 1.54) is 16.6 Å². The van der Waals surface area contributed by atoms with Crippen molar-refractivity contribution in [2.24, 2.45) is 13.0 Å². The van der Waals surface area contributed by atoms with Crippen LogP contribution in [0.4, 0.5) is 0 Å². The number of hydrogen-bond acceptors (Lipinski definition) is 4. The molecule has 1 aliphatic rings. The lowest BCUT2D eigenvalue weighted by Gasteiger charge is -2.35. The molecule has 8 heteroatoms. The molecule has 2 heterocycles. The summed E-state index contributed by atoms with van der Waals surface area (Å²) in [6.45, 7) is 11.5. The second-order valence-corrected chi connectivity index (χ2v) is 9.51. The number of nitrogens with zero attached hydrogens (tertiary/aromatic N) is 3. The Bertz CT molecular complexity index is 738. The number of hydrogen-bond donors (Lipinski definition) is 1. The van der Waals surface area contributed by atoms with E-state index in [0.717, 1.165) is 25.9 Å². The molecule has 1 fully saturated rings. The third-order valence-corrected chi connectivity index (χ3v) is 7.40. The molecule has 0 saturated carbocycles. The maximum atomic E-state index is 12.7. The summed E-state index contributed by atoms with van der Waals surface area (Å²) in [5.74, 6) is 0.212. The van der Waals surface area contributed by atoms with E-state index in [4.69, 9.17) is 0 Å². The first-order chi connectivity index (χ1) is 12.7. The molecule has 154 valence electrons. The van der Waals surface area contributed by atoms with Gasteiger partial charge in [0.1, 0.15) is 10.6 Å². The number of sulfonamides is 1. The maximum Gasteiger partial charge on any atom is 0.267 e. The summed E-state index contributed by atoms with van der Waals surface area (Å²) in [4.78, 5) is 15.2. The van der Waals surface area contributed by atoms with Crippen molar-refractivity contribution in [3.63, 3.8) is 0 Å². The molecule has 0 radical (unpaired) electrons. The molecule has 1 aliphatic heterocycles. The summed E-state index contributed by atoms with van der Waals surface area (Å²) in [5, 5.41) is 3.00.